The molecule has 0 radical (unpaired) electrons. The number of nitrogens with zero attached hydrogens (tertiary/aromatic N) is 2. The molecule has 0 amide bonds. The van der Waals surface area contributed by atoms with E-state index in [9.17, 15) is 0 Å². The van der Waals surface area contributed by atoms with Gasteiger partial charge in [0, 0.05) is 18.7 Å². The Labute approximate surface area is 106 Å². The Balaban J connectivity index is 2.18. The molecule has 0 saturated carbocycles. The van der Waals surface area contributed by atoms with Crippen LogP contribution in [0, 0.1) is 0 Å². The third-order valence-electron chi connectivity index (χ3n) is 3.09. The number of nitrogen functional groups attached to an aromatic ring is 1. The number of allylic oxidation sites excluding steroid dienone is 1. The lowest BCUT2D eigenvalue weighted by molar-refractivity contribution is 1.18. The summed E-state index contributed by atoms with van der Waals surface area (Å²) in [6.45, 7) is 0. The SMILES string of the molecule is CNc1cc(-c2cccc3c2C=CC3)nc(N)n1. The van der Waals surface area contributed by atoms with Crippen molar-refractivity contribution >= 4 is 17.8 Å². The molecule has 1 heterocycles. The van der Waals surface area contributed by atoms with Crippen molar-refractivity contribution in [3.05, 3.63) is 41.5 Å². The second-order valence-corrected chi connectivity index (χ2v) is 4.23. The Bertz CT molecular complexity index is 632. The van der Waals surface area contributed by atoms with Gasteiger partial charge in [-0.2, -0.15) is 4.98 Å². The number of anilines is 2. The largest absolute Gasteiger partial charge is 0.373 e. The molecule has 0 saturated heterocycles. The zero-order valence-electron chi connectivity index (χ0n) is 10.1. The topological polar surface area (TPSA) is 63.8 Å². The minimum atomic E-state index is 0.288. The lowest BCUT2D eigenvalue weighted by Crippen LogP contribution is -2.01. The minimum Gasteiger partial charge on any atom is -0.373 e. The van der Waals surface area contributed by atoms with Crippen LogP contribution in [0.2, 0.25) is 0 Å². The normalized spacial score (nSPS) is 12.5. The van der Waals surface area contributed by atoms with Gasteiger partial charge in [0.15, 0.2) is 0 Å². The molecule has 0 atom stereocenters. The summed E-state index contributed by atoms with van der Waals surface area (Å²) in [4.78, 5) is 8.43. The summed E-state index contributed by atoms with van der Waals surface area (Å²) in [6, 6.07) is 8.18. The average molecular weight is 238 g/mol. The van der Waals surface area contributed by atoms with Gasteiger partial charge in [-0.1, -0.05) is 30.4 Å². The molecule has 1 aliphatic carbocycles. The number of rotatable bonds is 2. The van der Waals surface area contributed by atoms with Crippen molar-refractivity contribution in [3.63, 3.8) is 0 Å². The van der Waals surface area contributed by atoms with Crippen LogP contribution in [0.1, 0.15) is 11.1 Å². The Morgan fingerprint density at radius 3 is 3.00 bits per heavy atom. The monoisotopic (exact) mass is 238 g/mol. The van der Waals surface area contributed by atoms with Gasteiger partial charge in [-0.15, -0.1) is 0 Å². The highest BCUT2D eigenvalue weighted by atomic mass is 15.1. The van der Waals surface area contributed by atoms with Crippen LogP contribution in [0.15, 0.2) is 30.3 Å². The molecule has 0 unspecified atom stereocenters. The smallest absolute Gasteiger partial charge is 0.222 e. The summed E-state index contributed by atoms with van der Waals surface area (Å²) in [5.74, 6) is 1.02. The maximum absolute atomic E-state index is 5.74. The Hall–Kier alpha value is -2.36. The molecule has 3 N–H and O–H groups in total. The molecule has 1 aromatic heterocycles. The van der Waals surface area contributed by atoms with E-state index in [-0.39, 0.29) is 5.95 Å². The maximum Gasteiger partial charge on any atom is 0.222 e. The van der Waals surface area contributed by atoms with E-state index < -0.39 is 0 Å². The molecular formula is C14H14N4. The molecule has 4 nitrogen and oxygen atoms in total. The van der Waals surface area contributed by atoms with E-state index in [1.165, 1.54) is 11.1 Å². The van der Waals surface area contributed by atoms with Gasteiger partial charge in [0.1, 0.15) is 5.82 Å². The van der Waals surface area contributed by atoms with Crippen LogP contribution < -0.4 is 11.1 Å². The van der Waals surface area contributed by atoms with Gasteiger partial charge in [-0.05, 0) is 17.5 Å². The van der Waals surface area contributed by atoms with Crippen LogP contribution in [0.5, 0.6) is 0 Å². The van der Waals surface area contributed by atoms with E-state index in [1.807, 2.05) is 13.1 Å². The summed E-state index contributed by atoms with van der Waals surface area (Å²) in [7, 11) is 1.82. The number of nitrogens with one attached hydrogen (secondary N) is 1. The number of fused-ring (bicyclic) bond motifs is 1. The van der Waals surface area contributed by atoms with Gasteiger partial charge < -0.3 is 11.1 Å². The zero-order chi connectivity index (χ0) is 12.5. The first-order valence-corrected chi connectivity index (χ1v) is 5.89. The van der Waals surface area contributed by atoms with Crippen molar-refractivity contribution in [3.8, 4) is 11.3 Å². The lowest BCUT2D eigenvalue weighted by atomic mass is 10.0. The molecule has 90 valence electrons. The fourth-order valence-corrected chi connectivity index (χ4v) is 2.25. The zero-order valence-corrected chi connectivity index (χ0v) is 10.1. The van der Waals surface area contributed by atoms with Gasteiger partial charge in [0.25, 0.3) is 0 Å². The van der Waals surface area contributed by atoms with E-state index in [0.717, 1.165) is 23.5 Å². The van der Waals surface area contributed by atoms with Crippen LogP contribution in [0.25, 0.3) is 17.3 Å². The van der Waals surface area contributed by atoms with E-state index in [2.05, 4.69) is 45.6 Å². The quantitative estimate of drug-likeness (QED) is 0.842. The summed E-state index contributed by atoms with van der Waals surface area (Å²) in [5, 5.41) is 3.00. The number of hydrogen-bond donors (Lipinski definition) is 2. The van der Waals surface area contributed by atoms with Gasteiger partial charge in [-0.3, -0.25) is 0 Å². The fraction of sp³-hybridized carbons (Fsp3) is 0.143. The Morgan fingerprint density at radius 2 is 2.17 bits per heavy atom. The van der Waals surface area contributed by atoms with E-state index in [4.69, 9.17) is 5.73 Å². The summed E-state index contributed by atoms with van der Waals surface area (Å²) in [5.41, 5.74) is 10.3. The van der Waals surface area contributed by atoms with Gasteiger partial charge in [-0.25, -0.2) is 4.98 Å². The first kappa shape index (κ1) is 10.8. The lowest BCUT2D eigenvalue weighted by Gasteiger charge is -2.09. The highest BCUT2D eigenvalue weighted by molar-refractivity contribution is 5.78. The second kappa shape index (κ2) is 4.14. The standard InChI is InChI=1S/C14H14N4/c1-16-13-8-12(17-14(15)18-13)11-7-3-5-9-4-2-6-10(9)11/h2-3,5-8H,4H2,1H3,(H3,15,16,17,18). The molecular weight excluding hydrogens is 224 g/mol. The van der Waals surface area contributed by atoms with Crippen molar-refractivity contribution in [2.75, 3.05) is 18.1 Å². The molecule has 0 aliphatic heterocycles. The predicted molar refractivity (Wildman–Crippen MR) is 74.2 cm³/mol. The van der Waals surface area contributed by atoms with E-state index >= 15 is 0 Å². The Morgan fingerprint density at radius 1 is 1.28 bits per heavy atom. The number of nitrogens with two attached hydrogens (primary N) is 1. The fourth-order valence-electron chi connectivity index (χ4n) is 2.25. The summed E-state index contributed by atoms with van der Waals surface area (Å²) in [6.07, 6.45) is 5.29. The van der Waals surface area contributed by atoms with Crippen LogP contribution in [0.4, 0.5) is 11.8 Å². The molecule has 0 fully saturated rings. The highest BCUT2D eigenvalue weighted by Crippen LogP contribution is 2.31. The van der Waals surface area contributed by atoms with Crippen LogP contribution in [-0.2, 0) is 6.42 Å². The molecule has 1 aromatic carbocycles. The second-order valence-electron chi connectivity index (χ2n) is 4.23. The molecule has 2 aromatic rings. The van der Waals surface area contributed by atoms with E-state index in [0.29, 0.717) is 0 Å². The molecule has 18 heavy (non-hydrogen) atoms. The van der Waals surface area contributed by atoms with Crippen molar-refractivity contribution < 1.29 is 0 Å². The van der Waals surface area contributed by atoms with Gasteiger partial charge >= 0.3 is 0 Å². The van der Waals surface area contributed by atoms with Gasteiger partial charge in [0.2, 0.25) is 5.95 Å². The average Bonchev–Trinajstić information content (AvgIpc) is 2.85. The Kier molecular flexibility index (Phi) is 2.48. The molecule has 0 bridgehead atoms. The number of benzene rings is 1. The molecule has 4 heteroatoms. The first-order chi connectivity index (χ1) is 8.78. The van der Waals surface area contributed by atoms with Crippen molar-refractivity contribution in [2.24, 2.45) is 0 Å². The van der Waals surface area contributed by atoms with Crippen molar-refractivity contribution in [1.82, 2.24) is 9.97 Å². The summed E-state index contributed by atoms with van der Waals surface area (Å²) >= 11 is 0. The van der Waals surface area contributed by atoms with Crippen LogP contribution in [-0.4, -0.2) is 17.0 Å². The third kappa shape index (κ3) is 1.72. The van der Waals surface area contributed by atoms with Crippen LogP contribution in [0.3, 0.4) is 0 Å². The molecule has 0 spiro atoms. The summed E-state index contributed by atoms with van der Waals surface area (Å²) < 4.78 is 0. The molecule has 3 rings (SSSR count). The van der Waals surface area contributed by atoms with E-state index in [1.54, 1.807) is 0 Å². The third-order valence-corrected chi connectivity index (χ3v) is 3.09. The highest BCUT2D eigenvalue weighted by Gasteiger charge is 2.13. The maximum atomic E-state index is 5.74. The number of aromatic nitrogens is 2. The first-order valence-electron chi connectivity index (χ1n) is 5.89. The van der Waals surface area contributed by atoms with Gasteiger partial charge in [0.05, 0.1) is 5.69 Å². The predicted octanol–water partition coefficient (Wildman–Crippen LogP) is 2.34. The minimum absolute atomic E-state index is 0.288. The van der Waals surface area contributed by atoms with Crippen molar-refractivity contribution in [1.29, 1.82) is 0 Å². The van der Waals surface area contributed by atoms with Crippen molar-refractivity contribution in [2.45, 2.75) is 6.42 Å². The van der Waals surface area contributed by atoms with Crippen LogP contribution >= 0.6 is 0 Å². The number of hydrogen-bond acceptors (Lipinski definition) is 4. The molecule has 1 aliphatic rings.